The minimum atomic E-state index is 0.300. The highest BCUT2D eigenvalue weighted by molar-refractivity contribution is 6.31. The summed E-state index contributed by atoms with van der Waals surface area (Å²) in [7, 11) is 0. The van der Waals surface area contributed by atoms with Crippen LogP contribution in [0.15, 0.2) is 18.2 Å². The molecule has 2 N–H and O–H groups in total. The average Bonchev–Trinajstić information content (AvgIpc) is 2.38. The predicted molar refractivity (Wildman–Crippen MR) is 68.0 cm³/mol. The zero-order valence-electron chi connectivity index (χ0n) is 9.82. The molecule has 0 atom stereocenters. The van der Waals surface area contributed by atoms with Crippen LogP contribution in [0.2, 0.25) is 5.02 Å². The van der Waals surface area contributed by atoms with Crippen molar-refractivity contribution in [3.8, 4) is 0 Å². The molecule has 0 radical (unpaired) electrons. The van der Waals surface area contributed by atoms with Gasteiger partial charge in [0.25, 0.3) is 0 Å². The Morgan fingerprint density at radius 1 is 1.35 bits per heavy atom. The van der Waals surface area contributed by atoms with Gasteiger partial charge in [-0.1, -0.05) is 23.7 Å². The Balaban J connectivity index is 1.89. The van der Waals surface area contributed by atoms with Crippen molar-refractivity contribution in [2.75, 3.05) is 13.2 Å². The molecule has 1 aliphatic rings. The van der Waals surface area contributed by atoms with Crippen LogP contribution < -0.4 is 5.73 Å². The molecular weight excluding hydrogens is 238 g/mol. The van der Waals surface area contributed by atoms with E-state index in [9.17, 15) is 0 Å². The van der Waals surface area contributed by atoms with E-state index in [1.165, 1.54) is 0 Å². The van der Waals surface area contributed by atoms with Gasteiger partial charge in [0, 0.05) is 24.8 Å². The molecule has 0 spiro atoms. The molecule has 0 aliphatic carbocycles. The van der Waals surface area contributed by atoms with Gasteiger partial charge in [-0.25, -0.2) is 0 Å². The van der Waals surface area contributed by atoms with E-state index in [0.29, 0.717) is 19.3 Å². The third kappa shape index (κ3) is 3.68. The summed E-state index contributed by atoms with van der Waals surface area (Å²) in [5.41, 5.74) is 7.63. The first kappa shape index (κ1) is 12.8. The summed E-state index contributed by atoms with van der Waals surface area (Å²) in [4.78, 5) is 0. The normalized spacial score (nSPS) is 17.3. The van der Waals surface area contributed by atoms with Crippen molar-refractivity contribution >= 4 is 11.6 Å². The van der Waals surface area contributed by atoms with E-state index in [4.69, 9.17) is 26.8 Å². The number of hydrogen-bond acceptors (Lipinski definition) is 3. The molecule has 0 bridgehead atoms. The summed E-state index contributed by atoms with van der Waals surface area (Å²) in [5, 5.41) is 0.736. The lowest BCUT2D eigenvalue weighted by Crippen LogP contribution is -2.23. The highest BCUT2D eigenvalue weighted by Gasteiger charge is 2.14. The Morgan fingerprint density at radius 2 is 2.12 bits per heavy atom. The van der Waals surface area contributed by atoms with E-state index < -0.39 is 0 Å². The van der Waals surface area contributed by atoms with Crippen molar-refractivity contribution in [2.45, 2.75) is 32.1 Å². The SMILES string of the molecule is NCc1ccc(COC2CCOCC2)c(Cl)c1. The molecule has 0 amide bonds. The third-order valence-electron chi connectivity index (χ3n) is 3.00. The largest absolute Gasteiger partial charge is 0.381 e. The van der Waals surface area contributed by atoms with Crippen LogP contribution in [0.3, 0.4) is 0 Å². The molecule has 1 aromatic rings. The van der Waals surface area contributed by atoms with Crippen LogP contribution in [-0.2, 0) is 22.6 Å². The summed E-state index contributed by atoms with van der Waals surface area (Å²) in [6.45, 7) is 2.67. The molecule has 1 fully saturated rings. The monoisotopic (exact) mass is 255 g/mol. The molecule has 0 saturated carbocycles. The maximum atomic E-state index is 6.17. The molecule has 0 unspecified atom stereocenters. The van der Waals surface area contributed by atoms with E-state index >= 15 is 0 Å². The first-order valence-corrected chi connectivity index (χ1v) is 6.34. The van der Waals surface area contributed by atoms with E-state index in [1.54, 1.807) is 0 Å². The van der Waals surface area contributed by atoms with Gasteiger partial charge in [0.2, 0.25) is 0 Å². The zero-order chi connectivity index (χ0) is 12.1. The standard InChI is InChI=1S/C13H18ClNO2/c14-13-7-10(8-15)1-2-11(13)9-17-12-3-5-16-6-4-12/h1-2,7,12H,3-6,8-9,15H2. The Morgan fingerprint density at radius 3 is 2.76 bits per heavy atom. The molecule has 1 saturated heterocycles. The number of ether oxygens (including phenoxy) is 2. The van der Waals surface area contributed by atoms with Crippen LogP contribution in [-0.4, -0.2) is 19.3 Å². The Bertz CT molecular complexity index is 364. The van der Waals surface area contributed by atoms with Crippen molar-refractivity contribution in [1.29, 1.82) is 0 Å². The molecule has 0 aromatic heterocycles. The van der Waals surface area contributed by atoms with Gasteiger partial charge in [-0.3, -0.25) is 0 Å². The molecular formula is C13H18ClNO2. The first-order valence-electron chi connectivity index (χ1n) is 5.96. The number of nitrogens with two attached hydrogens (primary N) is 1. The zero-order valence-corrected chi connectivity index (χ0v) is 10.6. The van der Waals surface area contributed by atoms with Crippen LogP contribution in [0, 0.1) is 0 Å². The minimum Gasteiger partial charge on any atom is -0.381 e. The maximum absolute atomic E-state index is 6.17. The summed E-state index contributed by atoms with van der Waals surface area (Å²) < 4.78 is 11.1. The van der Waals surface area contributed by atoms with Crippen molar-refractivity contribution in [3.05, 3.63) is 34.3 Å². The van der Waals surface area contributed by atoms with Gasteiger partial charge in [-0.05, 0) is 30.0 Å². The smallest absolute Gasteiger partial charge is 0.0735 e. The topological polar surface area (TPSA) is 44.5 Å². The van der Waals surface area contributed by atoms with Gasteiger partial charge < -0.3 is 15.2 Å². The van der Waals surface area contributed by atoms with E-state index in [2.05, 4.69) is 0 Å². The van der Waals surface area contributed by atoms with E-state index in [1.807, 2.05) is 18.2 Å². The maximum Gasteiger partial charge on any atom is 0.0735 e. The second kappa shape index (κ2) is 6.36. The van der Waals surface area contributed by atoms with Crippen LogP contribution in [0.25, 0.3) is 0 Å². The molecule has 2 rings (SSSR count). The lowest BCUT2D eigenvalue weighted by Gasteiger charge is -2.22. The van der Waals surface area contributed by atoms with Crippen LogP contribution in [0.5, 0.6) is 0 Å². The number of halogens is 1. The van der Waals surface area contributed by atoms with Crippen molar-refractivity contribution in [1.82, 2.24) is 0 Å². The number of hydrogen-bond donors (Lipinski definition) is 1. The van der Waals surface area contributed by atoms with Gasteiger partial charge in [0.1, 0.15) is 0 Å². The third-order valence-corrected chi connectivity index (χ3v) is 3.35. The van der Waals surface area contributed by atoms with Crippen molar-refractivity contribution in [3.63, 3.8) is 0 Å². The van der Waals surface area contributed by atoms with Crippen LogP contribution >= 0.6 is 11.6 Å². The molecule has 3 nitrogen and oxygen atoms in total. The van der Waals surface area contributed by atoms with Crippen LogP contribution in [0.4, 0.5) is 0 Å². The van der Waals surface area contributed by atoms with Gasteiger partial charge in [-0.2, -0.15) is 0 Å². The fourth-order valence-electron chi connectivity index (χ4n) is 1.89. The van der Waals surface area contributed by atoms with E-state index in [-0.39, 0.29) is 0 Å². The number of benzene rings is 1. The highest BCUT2D eigenvalue weighted by atomic mass is 35.5. The van der Waals surface area contributed by atoms with Gasteiger partial charge in [0.15, 0.2) is 0 Å². The predicted octanol–water partition coefficient (Wildman–Crippen LogP) is 2.49. The molecule has 94 valence electrons. The quantitative estimate of drug-likeness (QED) is 0.899. The summed E-state index contributed by atoms with van der Waals surface area (Å²) in [6, 6.07) is 5.89. The average molecular weight is 256 g/mol. The molecule has 1 aromatic carbocycles. The fraction of sp³-hybridized carbons (Fsp3) is 0.538. The molecule has 1 aliphatic heterocycles. The van der Waals surface area contributed by atoms with Gasteiger partial charge in [-0.15, -0.1) is 0 Å². The second-order valence-electron chi connectivity index (χ2n) is 4.25. The second-order valence-corrected chi connectivity index (χ2v) is 4.66. The first-order chi connectivity index (χ1) is 8.29. The van der Waals surface area contributed by atoms with Gasteiger partial charge >= 0.3 is 0 Å². The fourth-order valence-corrected chi connectivity index (χ4v) is 2.14. The van der Waals surface area contributed by atoms with Crippen molar-refractivity contribution in [2.24, 2.45) is 5.73 Å². The Hall–Kier alpha value is -0.610. The lowest BCUT2D eigenvalue weighted by molar-refractivity contribution is -0.0390. The summed E-state index contributed by atoms with van der Waals surface area (Å²) >= 11 is 6.17. The Labute approximate surface area is 107 Å². The Kier molecular flexibility index (Phi) is 4.80. The summed E-state index contributed by atoms with van der Waals surface area (Å²) in [5.74, 6) is 0. The van der Waals surface area contributed by atoms with Crippen molar-refractivity contribution < 1.29 is 9.47 Å². The molecule has 4 heteroatoms. The van der Waals surface area contributed by atoms with Crippen LogP contribution in [0.1, 0.15) is 24.0 Å². The highest BCUT2D eigenvalue weighted by Crippen LogP contribution is 2.20. The molecule has 1 heterocycles. The minimum absolute atomic E-state index is 0.300. The van der Waals surface area contributed by atoms with E-state index in [0.717, 1.165) is 42.2 Å². The molecule has 17 heavy (non-hydrogen) atoms. The lowest BCUT2D eigenvalue weighted by atomic mass is 10.1. The van der Waals surface area contributed by atoms with Gasteiger partial charge in [0.05, 0.1) is 12.7 Å². The summed E-state index contributed by atoms with van der Waals surface area (Å²) in [6.07, 6.45) is 2.24. The number of rotatable bonds is 4.